The van der Waals surface area contributed by atoms with Crippen molar-refractivity contribution in [3.63, 3.8) is 0 Å². The fraction of sp³-hybridized carbons (Fsp3) is 0.818. The van der Waals surface area contributed by atoms with Crippen LogP contribution in [0.5, 0.6) is 0 Å². The van der Waals surface area contributed by atoms with Crippen molar-refractivity contribution in [1.29, 1.82) is 0 Å². The van der Waals surface area contributed by atoms with Crippen LogP contribution in [0.15, 0.2) is 0 Å². The molecule has 0 saturated carbocycles. The average molecular weight is 229 g/mol. The molecule has 0 aromatic heterocycles. The van der Waals surface area contributed by atoms with Crippen LogP contribution in [-0.4, -0.2) is 43.3 Å². The molecule has 0 unspecified atom stereocenters. The quantitative estimate of drug-likeness (QED) is 0.687. The van der Waals surface area contributed by atoms with Crippen molar-refractivity contribution in [3.8, 4) is 0 Å². The van der Waals surface area contributed by atoms with Gasteiger partial charge in [0.15, 0.2) is 0 Å². The summed E-state index contributed by atoms with van der Waals surface area (Å²) in [5.74, 6) is -0.0675. The fourth-order valence-electron chi connectivity index (χ4n) is 1.69. The Balaban J connectivity index is 2.51. The van der Waals surface area contributed by atoms with E-state index >= 15 is 0 Å². The number of likely N-dealkylation sites (tertiary alicyclic amines) is 1. The number of carbonyl (C=O) groups is 2. The molecule has 0 N–H and O–H groups in total. The van der Waals surface area contributed by atoms with Gasteiger partial charge in [0.25, 0.3) is 0 Å². The van der Waals surface area contributed by atoms with Crippen molar-refractivity contribution >= 4 is 12.1 Å². The van der Waals surface area contributed by atoms with Gasteiger partial charge in [-0.3, -0.25) is 4.90 Å². The standard InChI is InChI=1S/C11H19NO4/c1-8(2)7-16-11(14)12-6-4-5-9(12)10(13)15-3/h8-9H,4-7H2,1-3H3/t9-/m0/s1. The first-order chi connectivity index (χ1) is 7.56. The number of esters is 1. The summed E-state index contributed by atoms with van der Waals surface area (Å²) in [6, 6.07) is -0.468. The fourth-order valence-corrected chi connectivity index (χ4v) is 1.69. The molecule has 1 rings (SSSR count). The molecule has 1 amide bonds. The Morgan fingerprint density at radius 2 is 2.12 bits per heavy atom. The van der Waals surface area contributed by atoms with Gasteiger partial charge in [0.1, 0.15) is 6.04 Å². The van der Waals surface area contributed by atoms with Crippen molar-refractivity contribution in [2.45, 2.75) is 32.7 Å². The first-order valence-electron chi connectivity index (χ1n) is 5.57. The molecule has 0 bridgehead atoms. The van der Waals surface area contributed by atoms with Crippen LogP contribution in [0.25, 0.3) is 0 Å². The maximum Gasteiger partial charge on any atom is 0.410 e. The Labute approximate surface area is 95.7 Å². The minimum absolute atomic E-state index is 0.295. The number of carbonyl (C=O) groups excluding carboxylic acids is 2. The van der Waals surface area contributed by atoms with Gasteiger partial charge in [-0.2, -0.15) is 0 Å². The summed E-state index contributed by atoms with van der Waals surface area (Å²) in [4.78, 5) is 24.5. The Morgan fingerprint density at radius 3 is 2.69 bits per heavy atom. The van der Waals surface area contributed by atoms with E-state index in [9.17, 15) is 9.59 Å². The van der Waals surface area contributed by atoms with Gasteiger partial charge in [-0.05, 0) is 18.8 Å². The van der Waals surface area contributed by atoms with Crippen molar-refractivity contribution in [1.82, 2.24) is 4.90 Å². The normalized spacial score (nSPS) is 20.0. The van der Waals surface area contributed by atoms with Crippen LogP contribution >= 0.6 is 0 Å². The van der Waals surface area contributed by atoms with Crippen molar-refractivity contribution in [2.75, 3.05) is 20.3 Å². The molecule has 1 heterocycles. The third kappa shape index (κ3) is 3.12. The molecule has 92 valence electrons. The van der Waals surface area contributed by atoms with E-state index in [0.717, 1.165) is 6.42 Å². The summed E-state index contributed by atoms with van der Waals surface area (Å²) < 4.78 is 9.74. The van der Waals surface area contributed by atoms with E-state index in [4.69, 9.17) is 4.74 Å². The monoisotopic (exact) mass is 229 g/mol. The molecule has 1 atom stereocenters. The van der Waals surface area contributed by atoms with Gasteiger partial charge in [-0.1, -0.05) is 13.8 Å². The van der Waals surface area contributed by atoms with Gasteiger partial charge >= 0.3 is 12.1 Å². The van der Waals surface area contributed by atoms with Crippen molar-refractivity contribution < 1.29 is 19.1 Å². The Bertz CT molecular complexity index is 265. The highest BCUT2D eigenvalue weighted by molar-refractivity contribution is 5.81. The SMILES string of the molecule is COC(=O)[C@@H]1CCCN1C(=O)OCC(C)C. The number of rotatable bonds is 3. The number of amides is 1. The second-order valence-corrected chi connectivity index (χ2v) is 4.35. The smallest absolute Gasteiger partial charge is 0.410 e. The summed E-state index contributed by atoms with van der Waals surface area (Å²) in [7, 11) is 1.33. The largest absolute Gasteiger partial charge is 0.467 e. The highest BCUT2D eigenvalue weighted by atomic mass is 16.6. The lowest BCUT2D eigenvalue weighted by molar-refractivity contribution is -0.145. The summed E-state index contributed by atoms with van der Waals surface area (Å²) in [5, 5.41) is 0. The molecule has 5 nitrogen and oxygen atoms in total. The number of ether oxygens (including phenoxy) is 2. The maximum atomic E-state index is 11.7. The van der Waals surface area contributed by atoms with E-state index in [1.165, 1.54) is 12.0 Å². The molecule has 0 aliphatic carbocycles. The molecule has 16 heavy (non-hydrogen) atoms. The molecule has 1 saturated heterocycles. The molecular formula is C11H19NO4. The van der Waals surface area contributed by atoms with Gasteiger partial charge < -0.3 is 9.47 Å². The second kappa shape index (κ2) is 5.72. The van der Waals surface area contributed by atoms with Gasteiger partial charge in [0.2, 0.25) is 0 Å². The van der Waals surface area contributed by atoms with Gasteiger partial charge in [-0.15, -0.1) is 0 Å². The van der Waals surface area contributed by atoms with E-state index in [1.807, 2.05) is 13.8 Å². The van der Waals surface area contributed by atoms with E-state index in [0.29, 0.717) is 25.5 Å². The van der Waals surface area contributed by atoms with Crippen LogP contribution in [0, 0.1) is 5.92 Å². The van der Waals surface area contributed by atoms with Crippen LogP contribution in [0.4, 0.5) is 4.79 Å². The third-order valence-electron chi connectivity index (χ3n) is 2.50. The third-order valence-corrected chi connectivity index (χ3v) is 2.50. The zero-order valence-corrected chi connectivity index (χ0v) is 10.1. The van der Waals surface area contributed by atoms with Crippen LogP contribution in [-0.2, 0) is 14.3 Å². The lowest BCUT2D eigenvalue weighted by Crippen LogP contribution is -2.41. The molecule has 1 aliphatic heterocycles. The van der Waals surface area contributed by atoms with Gasteiger partial charge in [-0.25, -0.2) is 9.59 Å². The minimum atomic E-state index is -0.468. The van der Waals surface area contributed by atoms with Crippen molar-refractivity contribution in [3.05, 3.63) is 0 Å². The predicted molar refractivity (Wildman–Crippen MR) is 57.9 cm³/mol. The van der Waals surface area contributed by atoms with Crippen molar-refractivity contribution in [2.24, 2.45) is 5.92 Å². The highest BCUT2D eigenvalue weighted by Crippen LogP contribution is 2.19. The van der Waals surface area contributed by atoms with Crippen LogP contribution < -0.4 is 0 Å². The van der Waals surface area contributed by atoms with Crippen LogP contribution in [0.1, 0.15) is 26.7 Å². The highest BCUT2D eigenvalue weighted by Gasteiger charge is 2.35. The van der Waals surface area contributed by atoms with Crippen LogP contribution in [0.3, 0.4) is 0 Å². The second-order valence-electron chi connectivity index (χ2n) is 4.35. The molecule has 1 aliphatic rings. The number of nitrogens with zero attached hydrogens (tertiary/aromatic N) is 1. The molecule has 5 heteroatoms. The van der Waals surface area contributed by atoms with Gasteiger partial charge in [0.05, 0.1) is 13.7 Å². The Kier molecular flexibility index (Phi) is 4.58. The number of hydrogen-bond acceptors (Lipinski definition) is 4. The first-order valence-corrected chi connectivity index (χ1v) is 5.57. The van der Waals surface area contributed by atoms with E-state index in [2.05, 4.69) is 4.74 Å². The topological polar surface area (TPSA) is 55.8 Å². The zero-order valence-electron chi connectivity index (χ0n) is 10.1. The minimum Gasteiger partial charge on any atom is -0.467 e. The number of methoxy groups -OCH3 is 1. The van der Waals surface area contributed by atoms with Gasteiger partial charge in [0, 0.05) is 6.54 Å². The molecular weight excluding hydrogens is 210 g/mol. The Hall–Kier alpha value is -1.26. The zero-order chi connectivity index (χ0) is 12.1. The average Bonchev–Trinajstić information content (AvgIpc) is 2.73. The summed E-state index contributed by atoms with van der Waals surface area (Å²) >= 11 is 0. The van der Waals surface area contributed by atoms with E-state index in [1.54, 1.807) is 0 Å². The van der Waals surface area contributed by atoms with Crippen LogP contribution in [0.2, 0.25) is 0 Å². The lowest BCUT2D eigenvalue weighted by Gasteiger charge is -2.22. The molecule has 0 aromatic rings. The first kappa shape index (κ1) is 12.8. The number of hydrogen-bond donors (Lipinski definition) is 0. The Morgan fingerprint density at radius 1 is 1.44 bits per heavy atom. The maximum absolute atomic E-state index is 11.7. The summed E-state index contributed by atoms with van der Waals surface area (Å²) in [6.07, 6.45) is 1.06. The molecule has 0 spiro atoms. The van der Waals surface area contributed by atoms with E-state index in [-0.39, 0.29) is 5.97 Å². The molecule has 0 radical (unpaired) electrons. The lowest BCUT2D eigenvalue weighted by atomic mass is 10.2. The molecule has 1 fully saturated rings. The summed E-state index contributed by atoms with van der Waals surface area (Å²) in [6.45, 7) is 4.88. The molecule has 0 aromatic carbocycles. The van der Waals surface area contributed by atoms with E-state index < -0.39 is 12.1 Å². The predicted octanol–water partition coefficient (Wildman–Crippen LogP) is 1.42. The summed E-state index contributed by atoms with van der Waals surface area (Å²) in [5.41, 5.74) is 0.